The van der Waals surface area contributed by atoms with Gasteiger partial charge in [0.1, 0.15) is 6.04 Å². The largest absolute Gasteiger partial charge is 0.480 e. The molecule has 0 fully saturated rings. The van der Waals surface area contributed by atoms with Gasteiger partial charge in [0.25, 0.3) is 0 Å². The average Bonchev–Trinajstić information content (AvgIpc) is 2.15. The highest BCUT2D eigenvalue weighted by Gasteiger charge is 2.15. The first-order valence-corrected chi connectivity index (χ1v) is 4.35. The Hall–Kier alpha value is -1.00. The Balaban J connectivity index is 2.62. The molecule has 0 aliphatic heterocycles. The molecule has 70 valence electrons. The van der Waals surface area contributed by atoms with Crippen molar-refractivity contribution in [2.45, 2.75) is 12.5 Å². The third kappa shape index (κ3) is 3.08. The average molecular weight is 197 g/mol. The highest BCUT2D eigenvalue weighted by atomic mass is 32.1. The van der Waals surface area contributed by atoms with Crippen molar-refractivity contribution in [1.29, 1.82) is 0 Å². The van der Waals surface area contributed by atoms with Crippen LogP contribution < -0.4 is 4.72 Å². The smallest absolute Gasteiger partial charge is 0.321 e. The van der Waals surface area contributed by atoms with Crippen LogP contribution >= 0.6 is 12.8 Å². The Morgan fingerprint density at radius 3 is 2.54 bits per heavy atom. The van der Waals surface area contributed by atoms with Crippen molar-refractivity contribution in [3.05, 3.63) is 35.9 Å². The third-order valence-electron chi connectivity index (χ3n) is 1.74. The fraction of sp³-hybridized carbons (Fsp3) is 0.222. The summed E-state index contributed by atoms with van der Waals surface area (Å²) in [6, 6.07) is 8.81. The molecule has 2 N–H and O–H groups in total. The first-order chi connectivity index (χ1) is 6.24. The van der Waals surface area contributed by atoms with Crippen LogP contribution in [0.25, 0.3) is 0 Å². The number of nitrogens with one attached hydrogen (secondary N) is 1. The Labute approximate surface area is 82.3 Å². The van der Waals surface area contributed by atoms with Gasteiger partial charge in [-0.1, -0.05) is 43.1 Å². The summed E-state index contributed by atoms with van der Waals surface area (Å²) in [5.41, 5.74) is 0.983. The van der Waals surface area contributed by atoms with E-state index in [1.807, 2.05) is 30.3 Å². The van der Waals surface area contributed by atoms with Crippen LogP contribution in [0.4, 0.5) is 0 Å². The van der Waals surface area contributed by atoms with Gasteiger partial charge in [0.15, 0.2) is 0 Å². The molecule has 1 rings (SSSR count). The standard InChI is InChI=1S/C9H11NO2S/c11-9(12)8(10-13)6-7-4-2-1-3-5-7/h1-5,8,10,13H,6H2,(H,11,12). The topological polar surface area (TPSA) is 49.3 Å². The van der Waals surface area contributed by atoms with Crippen LogP contribution in [-0.4, -0.2) is 17.1 Å². The van der Waals surface area contributed by atoms with E-state index in [-0.39, 0.29) is 0 Å². The molecule has 0 aromatic heterocycles. The van der Waals surface area contributed by atoms with E-state index in [4.69, 9.17) is 5.11 Å². The summed E-state index contributed by atoms with van der Waals surface area (Å²) in [6.45, 7) is 0. The lowest BCUT2D eigenvalue weighted by Crippen LogP contribution is -2.32. The fourth-order valence-electron chi connectivity index (χ4n) is 1.04. The second kappa shape index (κ2) is 4.89. The van der Waals surface area contributed by atoms with Gasteiger partial charge in [-0.3, -0.25) is 9.52 Å². The summed E-state index contributed by atoms with van der Waals surface area (Å²) in [5.74, 6) is -0.890. The van der Waals surface area contributed by atoms with E-state index in [1.54, 1.807) is 0 Å². The normalized spacial score (nSPS) is 12.4. The van der Waals surface area contributed by atoms with Gasteiger partial charge < -0.3 is 5.11 Å². The maximum Gasteiger partial charge on any atom is 0.321 e. The predicted molar refractivity (Wildman–Crippen MR) is 53.7 cm³/mol. The first-order valence-electron chi connectivity index (χ1n) is 3.90. The maximum atomic E-state index is 10.6. The zero-order valence-corrected chi connectivity index (χ0v) is 7.87. The molecule has 0 saturated heterocycles. The third-order valence-corrected chi connectivity index (χ3v) is 2.05. The Morgan fingerprint density at radius 1 is 1.46 bits per heavy atom. The zero-order chi connectivity index (χ0) is 9.68. The van der Waals surface area contributed by atoms with E-state index < -0.39 is 12.0 Å². The zero-order valence-electron chi connectivity index (χ0n) is 6.97. The van der Waals surface area contributed by atoms with Crippen LogP contribution in [0.15, 0.2) is 30.3 Å². The van der Waals surface area contributed by atoms with E-state index in [1.165, 1.54) is 0 Å². The van der Waals surface area contributed by atoms with Crippen molar-refractivity contribution in [2.24, 2.45) is 0 Å². The number of carbonyl (C=O) groups is 1. The maximum absolute atomic E-state index is 10.6. The molecule has 0 bridgehead atoms. The van der Waals surface area contributed by atoms with Crippen LogP contribution in [0, 0.1) is 0 Å². The van der Waals surface area contributed by atoms with E-state index in [2.05, 4.69) is 17.5 Å². The number of aliphatic carboxylic acids is 1. The van der Waals surface area contributed by atoms with Crippen LogP contribution in [0.1, 0.15) is 5.56 Å². The summed E-state index contributed by atoms with van der Waals surface area (Å²) in [5, 5.41) is 8.72. The number of carboxylic acid groups (broad SMARTS) is 1. The second-order valence-corrected chi connectivity index (χ2v) is 2.97. The van der Waals surface area contributed by atoms with Crippen molar-refractivity contribution < 1.29 is 9.90 Å². The van der Waals surface area contributed by atoms with E-state index in [9.17, 15) is 4.79 Å². The lowest BCUT2D eigenvalue weighted by Gasteiger charge is -2.09. The summed E-state index contributed by atoms with van der Waals surface area (Å²) < 4.78 is 2.44. The number of benzene rings is 1. The SMILES string of the molecule is O=C(O)C(Cc1ccccc1)NS. The van der Waals surface area contributed by atoms with E-state index in [0.29, 0.717) is 6.42 Å². The molecular weight excluding hydrogens is 186 g/mol. The molecule has 0 spiro atoms. The molecule has 13 heavy (non-hydrogen) atoms. The summed E-state index contributed by atoms with van der Waals surface area (Å²) in [6.07, 6.45) is 0.444. The van der Waals surface area contributed by atoms with Crippen molar-refractivity contribution in [2.75, 3.05) is 0 Å². The molecule has 0 radical (unpaired) electrons. The van der Waals surface area contributed by atoms with Crippen molar-refractivity contribution in [3.8, 4) is 0 Å². The number of rotatable bonds is 4. The van der Waals surface area contributed by atoms with E-state index in [0.717, 1.165) is 5.56 Å². The van der Waals surface area contributed by atoms with Gasteiger partial charge in [-0.15, -0.1) is 0 Å². The number of carboxylic acids is 1. The second-order valence-electron chi connectivity index (χ2n) is 2.71. The van der Waals surface area contributed by atoms with Gasteiger partial charge in [-0.25, -0.2) is 0 Å². The van der Waals surface area contributed by atoms with Crippen molar-refractivity contribution >= 4 is 18.8 Å². The number of thiol groups is 1. The fourth-order valence-corrected chi connectivity index (χ4v) is 1.24. The summed E-state index contributed by atoms with van der Waals surface area (Å²) in [4.78, 5) is 10.6. The lowest BCUT2D eigenvalue weighted by atomic mass is 10.1. The number of hydrogen-bond acceptors (Lipinski definition) is 3. The molecular formula is C9H11NO2S. The molecule has 1 atom stereocenters. The summed E-state index contributed by atoms with van der Waals surface area (Å²) >= 11 is 3.75. The van der Waals surface area contributed by atoms with Gasteiger partial charge in [0, 0.05) is 0 Å². The summed E-state index contributed by atoms with van der Waals surface area (Å²) in [7, 11) is 0. The monoisotopic (exact) mass is 197 g/mol. The lowest BCUT2D eigenvalue weighted by molar-refractivity contribution is -0.138. The predicted octanol–water partition coefficient (Wildman–Crippen LogP) is 1.12. The molecule has 0 saturated carbocycles. The van der Waals surface area contributed by atoms with Gasteiger partial charge in [0.2, 0.25) is 0 Å². The van der Waals surface area contributed by atoms with Gasteiger partial charge in [0.05, 0.1) is 0 Å². The molecule has 0 amide bonds. The quantitative estimate of drug-likeness (QED) is 0.634. The molecule has 0 aliphatic carbocycles. The van der Waals surface area contributed by atoms with Crippen molar-refractivity contribution in [3.63, 3.8) is 0 Å². The van der Waals surface area contributed by atoms with Crippen LogP contribution in [0.2, 0.25) is 0 Å². The van der Waals surface area contributed by atoms with Gasteiger partial charge >= 0.3 is 5.97 Å². The van der Waals surface area contributed by atoms with Crippen LogP contribution in [0.3, 0.4) is 0 Å². The molecule has 1 unspecified atom stereocenters. The molecule has 3 nitrogen and oxygen atoms in total. The molecule has 0 aliphatic rings. The van der Waals surface area contributed by atoms with Crippen LogP contribution in [0.5, 0.6) is 0 Å². The minimum absolute atomic E-state index is 0.444. The highest BCUT2D eigenvalue weighted by Crippen LogP contribution is 2.03. The van der Waals surface area contributed by atoms with Crippen molar-refractivity contribution in [1.82, 2.24) is 4.72 Å². The van der Waals surface area contributed by atoms with Gasteiger partial charge in [-0.05, 0) is 12.0 Å². The molecule has 1 aromatic rings. The number of hydrogen-bond donors (Lipinski definition) is 3. The minimum Gasteiger partial charge on any atom is -0.480 e. The first kappa shape index (κ1) is 10.1. The van der Waals surface area contributed by atoms with Crippen LogP contribution in [-0.2, 0) is 11.2 Å². The Morgan fingerprint density at radius 2 is 2.08 bits per heavy atom. The highest BCUT2D eigenvalue weighted by molar-refractivity contribution is 7.78. The minimum atomic E-state index is -0.890. The molecule has 4 heteroatoms. The van der Waals surface area contributed by atoms with Gasteiger partial charge in [-0.2, -0.15) is 0 Å². The molecule has 0 heterocycles. The van der Waals surface area contributed by atoms with E-state index >= 15 is 0 Å². The Kier molecular flexibility index (Phi) is 3.79. The Bertz CT molecular complexity index is 276. The molecule has 1 aromatic carbocycles.